The molecule has 0 radical (unpaired) electrons. The molecule has 0 bridgehead atoms. The molecule has 2 heterocycles. The number of fused-ring (bicyclic) bond motifs is 1. The van der Waals surface area contributed by atoms with Crippen LogP contribution >= 0.6 is 24.0 Å². The van der Waals surface area contributed by atoms with Gasteiger partial charge >= 0.3 is 6.18 Å². The number of para-hydroxylation sites is 1. The molecule has 2 N–H and O–H groups in total. The molecule has 15 heteroatoms. The maximum absolute atomic E-state index is 13.3. The number of thiocarbonyl (C=S) groups is 1. The van der Waals surface area contributed by atoms with Crippen LogP contribution in [0.2, 0.25) is 0 Å². The number of rotatable bonds is 7. The van der Waals surface area contributed by atoms with Crippen molar-refractivity contribution in [2.75, 3.05) is 29.1 Å². The SMILES string of the molecule is O=C(CN1C(=O)C(C=C2SC(=S)N(CCS(=O)(=O)O)C2=O)c2ccccc21)Nc1cccc(C(F)(F)F)c1. The number of thioether (sulfide) groups is 1. The van der Waals surface area contributed by atoms with E-state index < -0.39 is 57.8 Å². The van der Waals surface area contributed by atoms with E-state index in [1.54, 1.807) is 24.3 Å². The molecule has 4 rings (SSSR count). The Morgan fingerprint density at radius 2 is 1.84 bits per heavy atom. The number of nitrogens with zero attached hydrogens (tertiary/aromatic N) is 2. The maximum atomic E-state index is 13.3. The summed E-state index contributed by atoms with van der Waals surface area (Å²) in [5.74, 6) is -3.59. The number of hydrogen-bond donors (Lipinski definition) is 2. The van der Waals surface area contributed by atoms with Crippen LogP contribution in [0.4, 0.5) is 24.5 Å². The normalized spacial score (nSPS) is 18.9. The van der Waals surface area contributed by atoms with Crippen LogP contribution in [0.5, 0.6) is 0 Å². The summed E-state index contributed by atoms with van der Waals surface area (Å²) < 4.78 is 70.1. The van der Waals surface area contributed by atoms with Crippen molar-refractivity contribution in [1.82, 2.24) is 4.90 Å². The second kappa shape index (κ2) is 10.5. The third-order valence-corrected chi connectivity index (χ3v) is 7.73. The zero-order valence-electron chi connectivity index (χ0n) is 19.1. The number of carbonyl (C=O) groups excluding carboxylic acids is 3. The van der Waals surface area contributed by atoms with Crippen molar-refractivity contribution in [1.29, 1.82) is 0 Å². The summed E-state index contributed by atoms with van der Waals surface area (Å²) in [7, 11) is -4.33. The highest BCUT2D eigenvalue weighted by molar-refractivity contribution is 8.26. The van der Waals surface area contributed by atoms with Gasteiger partial charge in [-0.2, -0.15) is 21.6 Å². The minimum absolute atomic E-state index is 0.0564. The van der Waals surface area contributed by atoms with Gasteiger partial charge in [0.15, 0.2) is 0 Å². The average molecular weight is 586 g/mol. The largest absolute Gasteiger partial charge is 0.416 e. The molecule has 0 saturated carbocycles. The lowest BCUT2D eigenvalue weighted by atomic mass is 10.0. The minimum Gasteiger partial charge on any atom is -0.325 e. The molecule has 1 unspecified atom stereocenters. The maximum Gasteiger partial charge on any atom is 0.416 e. The number of hydrogen-bond acceptors (Lipinski definition) is 7. The van der Waals surface area contributed by atoms with Gasteiger partial charge in [0.05, 0.1) is 22.1 Å². The monoisotopic (exact) mass is 585 g/mol. The number of halogens is 3. The van der Waals surface area contributed by atoms with E-state index in [4.69, 9.17) is 16.8 Å². The summed E-state index contributed by atoms with van der Waals surface area (Å²) in [6, 6.07) is 10.6. The molecule has 38 heavy (non-hydrogen) atoms. The molecule has 2 aromatic rings. The standard InChI is InChI=1S/C23H18F3N3O6S3/c24-23(25,26)13-4-3-5-14(10-13)27-19(30)12-29-17-7-2-1-6-15(17)16(20(29)31)11-18-21(32)28(22(36)37-18)8-9-38(33,34)35/h1-7,10-11,16H,8-9,12H2,(H,27,30)(H,33,34,35). The van der Waals surface area contributed by atoms with Crippen LogP contribution in [0.3, 0.4) is 0 Å². The molecule has 0 aromatic heterocycles. The first-order valence-electron chi connectivity index (χ1n) is 10.8. The van der Waals surface area contributed by atoms with Crippen molar-refractivity contribution in [2.24, 2.45) is 0 Å². The number of benzene rings is 2. The van der Waals surface area contributed by atoms with Crippen molar-refractivity contribution in [2.45, 2.75) is 12.1 Å². The van der Waals surface area contributed by atoms with E-state index in [-0.39, 0.29) is 21.5 Å². The molecule has 200 valence electrons. The summed E-state index contributed by atoms with van der Waals surface area (Å²) in [5.41, 5.74) is -0.144. The summed E-state index contributed by atoms with van der Waals surface area (Å²) in [6.07, 6.45) is -3.22. The predicted molar refractivity (Wildman–Crippen MR) is 138 cm³/mol. The van der Waals surface area contributed by atoms with E-state index >= 15 is 0 Å². The van der Waals surface area contributed by atoms with Crippen LogP contribution in [0.1, 0.15) is 17.0 Å². The Morgan fingerprint density at radius 3 is 2.53 bits per heavy atom. The van der Waals surface area contributed by atoms with Crippen LogP contribution in [0, 0.1) is 0 Å². The van der Waals surface area contributed by atoms with Crippen LogP contribution in [0.15, 0.2) is 59.5 Å². The topological polar surface area (TPSA) is 124 Å². The predicted octanol–water partition coefficient (Wildman–Crippen LogP) is 3.41. The first kappa shape index (κ1) is 27.8. The number of anilines is 2. The quantitative estimate of drug-likeness (QED) is 0.288. The van der Waals surface area contributed by atoms with Gasteiger partial charge in [0.25, 0.3) is 16.0 Å². The Kier molecular flexibility index (Phi) is 7.65. The van der Waals surface area contributed by atoms with Gasteiger partial charge in [-0.25, -0.2) is 0 Å². The first-order valence-corrected chi connectivity index (χ1v) is 13.7. The molecule has 1 atom stereocenters. The van der Waals surface area contributed by atoms with E-state index in [2.05, 4.69) is 5.32 Å². The van der Waals surface area contributed by atoms with Gasteiger partial charge in [0, 0.05) is 17.9 Å². The van der Waals surface area contributed by atoms with Gasteiger partial charge in [-0.15, -0.1) is 0 Å². The summed E-state index contributed by atoms with van der Waals surface area (Å²) in [5, 5.41) is 2.37. The third kappa shape index (κ3) is 6.06. The molecule has 9 nitrogen and oxygen atoms in total. The fourth-order valence-corrected chi connectivity index (χ4v) is 5.65. The Morgan fingerprint density at radius 1 is 1.13 bits per heavy atom. The van der Waals surface area contributed by atoms with Crippen LogP contribution in [0.25, 0.3) is 0 Å². The second-order valence-electron chi connectivity index (χ2n) is 8.23. The van der Waals surface area contributed by atoms with Gasteiger partial charge in [-0.05, 0) is 35.9 Å². The van der Waals surface area contributed by atoms with Gasteiger partial charge in [-0.1, -0.05) is 48.2 Å². The summed E-state index contributed by atoms with van der Waals surface area (Å²) in [4.78, 5) is 41.0. The molecular formula is C23H18F3N3O6S3. The summed E-state index contributed by atoms with van der Waals surface area (Å²) in [6.45, 7) is -0.858. The zero-order chi connectivity index (χ0) is 27.8. The Labute approximate surface area is 224 Å². The van der Waals surface area contributed by atoms with Crippen molar-refractivity contribution >= 4 is 67.5 Å². The Hall–Kier alpha value is -3.27. The van der Waals surface area contributed by atoms with Crippen molar-refractivity contribution in [3.05, 3.63) is 70.6 Å². The molecule has 1 fully saturated rings. The fraction of sp³-hybridized carbons (Fsp3) is 0.217. The van der Waals surface area contributed by atoms with Crippen LogP contribution < -0.4 is 10.2 Å². The second-order valence-corrected chi connectivity index (χ2v) is 11.5. The number of alkyl halides is 3. The van der Waals surface area contributed by atoms with Gasteiger partial charge in [0.1, 0.15) is 10.9 Å². The van der Waals surface area contributed by atoms with E-state index in [1.165, 1.54) is 17.0 Å². The van der Waals surface area contributed by atoms with Gasteiger partial charge in [0.2, 0.25) is 11.8 Å². The van der Waals surface area contributed by atoms with Gasteiger partial charge in [-0.3, -0.25) is 23.8 Å². The van der Waals surface area contributed by atoms with Gasteiger partial charge < -0.3 is 10.2 Å². The number of amides is 3. The molecule has 2 aromatic carbocycles. The zero-order valence-corrected chi connectivity index (χ0v) is 21.6. The van der Waals surface area contributed by atoms with Crippen molar-refractivity contribution in [3.8, 4) is 0 Å². The average Bonchev–Trinajstić information content (AvgIpc) is 3.24. The lowest BCUT2D eigenvalue weighted by Crippen LogP contribution is -2.36. The van der Waals surface area contributed by atoms with E-state index in [0.29, 0.717) is 11.3 Å². The molecular weight excluding hydrogens is 567 g/mol. The third-order valence-electron chi connectivity index (χ3n) is 5.63. The van der Waals surface area contributed by atoms with Crippen molar-refractivity contribution in [3.63, 3.8) is 0 Å². The molecule has 0 spiro atoms. The molecule has 1 saturated heterocycles. The lowest BCUT2D eigenvalue weighted by molar-refractivity contribution is -0.137. The highest BCUT2D eigenvalue weighted by Gasteiger charge is 2.40. The van der Waals surface area contributed by atoms with E-state index in [0.717, 1.165) is 34.9 Å². The first-order chi connectivity index (χ1) is 17.7. The smallest absolute Gasteiger partial charge is 0.325 e. The summed E-state index contributed by atoms with van der Waals surface area (Å²) >= 11 is 6.00. The number of nitrogens with one attached hydrogen (secondary N) is 1. The highest BCUT2D eigenvalue weighted by Crippen LogP contribution is 2.41. The van der Waals surface area contributed by atoms with Crippen LogP contribution in [-0.4, -0.2) is 58.8 Å². The molecule has 3 amide bonds. The Bertz CT molecular complexity index is 1480. The molecule has 2 aliphatic heterocycles. The fourth-order valence-electron chi connectivity index (χ4n) is 3.92. The Balaban J connectivity index is 1.53. The molecule has 0 aliphatic carbocycles. The molecule has 2 aliphatic rings. The van der Waals surface area contributed by atoms with Crippen LogP contribution in [-0.2, 0) is 30.7 Å². The lowest BCUT2D eigenvalue weighted by Gasteiger charge is -2.18. The minimum atomic E-state index is -4.59. The van der Waals surface area contributed by atoms with E-state index in [1.807, 2.05) is 0 Å². The highest BCUT2D eigenvalue weighted by atomic mass is 32.2. The van der Waals surface area contributed by atoms with Crippen molar-refractivity contribution < 1.29 is 40.5 Å². The van der Waals surface area contributed by atoms with E-state index in [9.17, 15) is 36.0 Å². The number of carbonyl (C=O) groups is 3.